The third-order valence-corrected chi connectivity index (χ3v) is 3.92. The zero-order chi connectivity index (χ0) is 12.0. The van der Waals surface area contributed by atoms with Gasteiger partial charge in [0.05, 0.1) is 0 Å². The van der Waals surface area contributed by atoms with E-state index in [0.29, 0.717) is 6.04 Å². The minimum Gasteiger partial charge on any atom is -0.383 e. The molecule has 1 aromatic carbocycles. The number of nitrogens with one attached hydrogen (secondary N) is 1. The van der Waals surface area contributed by atoms with Crippen LogP contribution in [0.25, 0.3) is 0 Å². The van der Waals surface area contributed by atoms with Gasteiger partial charge >= 0.3 is 0 Å². The third-order valence-electron chi connectivity index (χ3n) is 2.52. The second kappa shape index (κ2) is 6.85. The van der Waals surface area contributed by atoms with Gasteiger partial charge in [0.15, 0.2) is 0 Å². The van der Waals surface area contributed by atoms with Crippen molar-refractivity contribution in [3.63, 3.8) is 0 Å². The maximum Gasteiger partial charge on any atom is 0.0342 e. The van der Waals surface area contributed by atoms with Crippen LogP contribution in [0.1, 0.15) is 39.7 Å². The van der Waals surface area contributed by atoms with Crippen molar-refractivity contribution in [1.29, 1.82) is 0 Å². The lowest BCUT2D eigenvalue weighted by atomic mass is 10.2. The van der Waals surface area contributed by atoms with E-state index in [0.717, 1.165) is 11.0 Å². The van der Waals surface area contributed by atoms with Crippen LogP contribution in [0.4, 0.5) is 5.69 Å². The van der Waals surface area contributed by atoms with Gasteiger partial charge in [-0.3, -0.25) is 0 Å². The maximum absolute atomic E-state index is 3.40. The maximum atomic E-state index is 3.40. The zero-order valence-electron chi connectivity index (χ0n) is 10.8. The third kappa shape index (κ3) is 4.93. The summed E-state index contributed by atoms with van der Waals surface area (Å²) in [6.07, 6.45) is 1.25. The van der Waals surface area contributed by atoms with Crippen molar-refractivity contribution < 1.29 is 0 Å². The Kier molecular flexibility index (Phi) is 5.75. The van der Waals surface area contributed by atoms with Gasteiger partial charge in [-0.15, -0.1) is 0 Å². The first-order valence-electron chi connectivity index (χ1n) is 6.09. The molecule has 0 saturated carbocycles. The molecule has 1 atom stereocenters. The van der Waals surface area contributed by atoms with E-state index in [2.05, 4.69) is 57.3 Å². The lowest BCUT2D eigenvalue weighted by Gasteiger charge is -2.11. The summed E-state index contributed by atoms with van der Waals surface area (Å²) in [5, 5.41) is 4.16. The van der Waals surface area contributed by atoms with Crippen LogP contribution in [-0.2, 0) is 5.75 Å². The zero-order valence-corrected chi connectivity index (χ0v) is 11.6. The van der Waals surface area contributed by atoms with Gasteiger partial charge in [-0.2, -0.15) is 11.8 Å². The Hall–Kier alpha value is -0.630. The van der Waals surface area contributed by atoms with Crippen LogP contribution in [0.5, 0.6) is 0 Å². The second-order valence-electron chi connectivity index (χ2n) is 4.53. The number of hydrogen-bond donors (Lipinski definition) is 1. The van der Waals surface area contributed by atoms with Crippen molar-refractivity contribution in [3.8, 4) is 0 Å². The van der Waals surface area contributed by atoms with Crippen LogP contribution < -0.4 is 5.32 Å². The lowest BCUT2D eigenvalue weighted by Crippen LogP contribution is -2.09. The highest BCUT2D eigenvalue weighted by Gasteiger charge is 2.00. The van der Waals surface area contributed by atoms with Crippen LogP contribution in [0.3, 0.4) is 0 Å². The molecule has 0 aromatic heterocycles. The van der Waals surface area contributed by atoms with E-state index in [1.165, 1.54) is 17.7 Å². The van der Waals surface area contributed by atoms with Gasteiger partial charge < -0.3 is 5.32 Å². The Morgan fingerprint density at radius 2 is 1.75 bits per heavy atom. The standard InChI is InChI=1S/C14H23NS/c1-5-12(4)16-10-13-6-8-14(9-7-13)15-11(2)3/h6-9,11-12,15H,5,10H2,1-4H3. The fraction of sp³-hybridized carbons (Fsp3) is 0.571. The van der Waals surface area contributed by atoms with Crippen molar-refractivity contribution in [2.45, 2.75) is 51.2 Å². The quantitative estimate of drug-likeness (QED) is 0.779. The monoisotopic (exact) mass is 237 g/mol. The summed E-state index contributed by atoms with van der Waals surface area (Å²) in [5.41, 5.74) is 2.63. The van der Waals surface area contributed by atoms with E-state index in [4.69, 9.17) is 0 Å². The fourth-order valence-electron chi connectivity index (χ4n) is 1.39. The average molecular weight is 237 g/mol. The predicted octanol–water partition coefficient (Wildman–Crippen LogP) is 4.54. The van der Waals surface area contributed by atoms with Crippen LogP contribution in [0, 0.1) is 0 Å². The van der Waals surface area contributed by atoms with Crippen molar-refractivity contribution in [2.75, 3.05) is 5.32 Å². The molecule has 0 bridgehead atoms. The largest absolute Gasteiger partial charge is 0.383 e. The van der Waals surface area contributed by atoms with E-state index in [1.54, 1.807) is 0 Å². The van der Waals surface area contributed by atoms with Gasteiger partial charge in [-0.05, 0) is 38.0 Å². The molecule has 1 unspecified atom stereocenters. The number of anilines is 1. The van der Waals surface area contributed by atoms with Gasteiger partial charge in [0.25, 0.3) is 0 Å². The van der Waals surface area contributed by atoms with Crippen LogP contribution in [0.15, 0.2) is 24.3 Å². The molecule has 90 valence electrons. The fourth-order valence-corrected chi connectivity index (χ4v) is 2.29. The summed E-state index contributed by atoms with van der Waals surface area (Å²) in [6, 6.07) is 9.29. The molecule has 1 nitrogen and oxygen atoms in total. The summed E-state index contributed by atoms with van der Waals surface area (Å²) in [7, 11) is 0. The molecular weight excluding hydrogens is 214 g/mol. The minimum absolute atomic E-state index is 0.500. The molecule has 0 aliphatic carbocycles. The molecule has 0 saturated heterocycles. The topological polar surface area (TPSA) is 12.0 Å². The molecule has 0 heterocycles. The number of hydrogen-bond acceptors (Lipinski definition) is 2. The molecule has 0 aliphatic rings. The van der Waals surface area contributed by atoms with Gasteiger partial charge in [-0.1, -0.05) is 26.0 Å². The Balaban J connectivity index is 2.45. The number of thioether (sulfide) groups is 1. The van der Waals surface area contributed by atoms with Gasteiger partial charge in [-0.25, -0.2) is 0 Å². The molecular formula is C14H23NS. The van der Waals surface area contributed by atoms with Crippen LogP contribution in [0.2, 0.25) is 0 Å². The predicted molar refractivity (Wildman–Crippen MR) is 76.2 cm³/mol. The second-order valence-corrected chi connectivity index (χ2v) is 5.95. The van der Waals surface area contributed by atoms with E-state index < -0.39 is 0 Å². The summed E-state index contributed by atoms with van der Waals surface area (Å²) in [4.78, 5) is 0. The summed E-state index contributed by atoms with van der Waals surface area (Å²) < 4.78 is 0. The van der Waals surface area contributed by atoms with Gasteiger partial charge in [0, 0.05) is 22.7 Å². The Bertz CT molecular complexity index is 292. The Morgan fingerprint density at radius 3 is 2.25 bits per heavy atom. The number of rotatable bonds is 6. The van der Waals surface area contributed by atoms with Crippen molar-refractivity contribution >= 4 is 17.4 Å². The first-order valence-corrected chi connectivity index (χ1v) is 7.13. The van der Waals surface area contributed by atoms with Gasteiger partial charge in [0.2, 0.25) is 0 Å². The minimum atomic E-state index is 0.500. The Morgan fingerprint density at radius 1 is 1.12 bits per heavy atom. The van der Waals surface area contributed by atoms with Crippen molar-refractivity contribution in [3.05, 3.63) is 29.8 Å². The van der Waals surface area contributed by atoms with Crippen molar-refractivity contribution in [2.24, 2.45) is 0 Å². The van der Waals surface area contributed by atoms with E-state index in [1.807, 2.05) is 11.8 Å². The van der Waals surface area contributed by atoms with E-state index in [9.17, 15) is 0 Å². The Labute approximate surface area is 104 Å². The van der Waals surface area contributed by atoms with Crippen molar-refractivity contribution in [1.82, 2.24) is 0 Å². The number of benzene rings is 1. The molecule has 0 radical (unpaired) electrons. The highest BCUT2D eigenvalue weighted by molar-refractivity contribution is 7.99. The molecule has 2 heteroatoms. The normalized spacial score (nSPS) is 12.8. The molecule has 16 heavy (non-hydrogen) atoms. The molecule has 1 rings (SSSR count). The molecule has 0 amide bonds. The van der Waals surface area contributed by atoms with Crippen LogP contribution in [-0.4, -0.2) is 11.3 Å². The van der Waals surface area contributed by atoms with E-state index in [-0.39, 0.29) is 0 Å². The highest BCUT2D eigenvalue weighted by Crippen LogP contribution is 2.20. The molecule has 0 aliphatic heterocycles. The van der Waals surface area contributed by atoms with Gasteiger partial charge in [0.1, 0.15) is 0 Å². The lowest BCUT2D eigenvalue weighted by molar-refractivity contribution is 0.899. The summed E-state index contributed by atoms with van der Waals surface area (Å²) in [6.45, 7) is 8.85. The van der Waals surface area contributed by atoms with E-state index >= 15 is 0 Å². The molecule has 0 fully saturated rings. The first kappa shape index (κ1) is 13.4. The molecule has 0 spiro atoms. The average Bonchev–Trinajstić information content (AvgIpc) is 2.27. The summed E-state index contributed by atoms with van der Waals surface area (Å²) in [5.74, 6) is 1.12. The molecule has 1 N–H and O–H groups in total. The highest BCUT2D eigenvalue weighted by atomic mass is 32.2. The SMILES string of the molecule is CCC(C)SCc1ccc(NC(C)C)cc1. The molecule has 1 aromatic rings. The first-order chi connectivity index (χ1) is 7.61. The van der Waals surface area contributed by atoms with Crippen LogP contribution >= 0.6 is 11.8 Å². The smallest absolute Gasteiger partial charge is 0.0342 e. The summed E-state index contributed by atoms with van der Waals surface area (Å²) >= 11 is 2.03.